The van der Waals surface area contributed by atoms with Crippen molar-refractivity contribution in [3.05, 3.63) is 0 Å². The van der Waals surface area contributed by atoms with Gasteiger partial charge in [-0.15, -0.1) is 0 Å². The number of rotatable bonds is 6. The first-order valence-corrected chi connectivity index (χ1v) is 5.53. The number of methoxy groups -OCH3 is 1. The first-order valence-electron chi connectivity index (χ1n) is 4.76. The van der Waals surface area contributed by atoms with E-state index in [0.717, 1.165) is 11.5 Å². The molecule has 1 heterocycles. The summed E-state index contributed by atoms with van der Waals surface area (Å²) in [6.45, 7) is 2.71. The number of hydrogen-bond acceptors (Lipinski definition) is 7. The summed E-state index contributed by atoms with van der Waals surface area (Å²) in [5.74, 6) is 0.0883. The van der Waals surface area contributed by atoms with Crippen LogP contribution >= 0.6 is 11.5 Å². The highest BCUT2D eigenvalue weighted by Gasteiger charge is 2.13. The topological polar surface area (TPSA) is 102 Å². The minimum atomic E-state index is -0.385. The molecule has 0 spiro atoms. The van der Waals surface area contributed by atoms with Gasteiger partial charge < -0.3 is 21.1 Å². The Hall–Kier alpha value is -1.41. The Morgan fingerprint density at radius 2 is 2.44 bits per heavy atom. The van der Waals surface area contributed by atoms with E-state index in [4.69, 9.17) is 10.5 Å². The number of anilines is 2. The molecule has 1 aromatic heterocycles. The van der Waals surface area contributed by atoms with Gasteiger partial charge in [-0.25, -0.2) is 0 Å². The van der Waals surface area contributed by atoms with Crippen LogP contribution < -0.4 is 16.4 Å². The average molecular weight is 245 g/mol. The molecule has 90 valence electrons. The number of nitrogens with one attached hydrogen (secondary N) is 2. The van der Waals surface area contributed by atoms with Crippen LogP contribution in [0.2, 0.25) is 0 Å². The normalized spacial score (nSPS) is 12.1. The standard InChI is InChI=1S/C8H15N5O2S/c1-5(6(14)10-3-4-15-2)11-8-12-7(9)13-16-8/h5H,3-4H2,1-2H3,(H,10,14)(H3,9,11,12,13). The molecule has 1 unspecified atom stereocenters. The van der Waals surface area contributed by atoms with Crippen LogP contribution in [0.25, 0.3) is 0 Å². The van der Waals surface area contributed by atoms with Crippen molar-refractivity contribution in [2.24, 2.45) is 0 Å². The number of aromatic nitrogens is 2. The largest absolute Gasteiger partial charge is 0.383 e. The second-order valence-electron chi connectivity index (χ2n) is 3.11. The van der Waals surface area contributed by atoms with Crippen LogP contribution in [0.4, 0.5) is 11.1 Å². The molecule has 0 aliphatic rings. The highest BCUT2D eigenvalue weighted by atomic mass is 32.1. The maximum Gasteiger partial charge on any atom is 0.242 e. The number of amides is 1. The average Bonchev–Trinajstić information content (AvgIpc) is 2.64. The summed E-state index contributed by atoms with van der Waals surface area (Å²) in [7, 11) is 1.58. The number of carbonyl (C=O) groups excluding carboxylic acids is 1. The predicted octanol–water partition coefficient (Wildman–Crippen LogP) is -0.317. The van der Waals surface area contributed by atoms with E-state index in [-0.39, 0.29) is 17.9 Å². The fourth-order valence-corrected chi connectivity index (χ4v) is 1.56. The Morgan fingerprint density at radius 1 is 1.69 bits per heavy atom. The molecule has 0 saturated heterocycles. The number of nitrogens with two attached hydrogens (primary N) is 1. The molecule has 1 atom stereocenters. The summed E-state index contributed by atoms with van der Waals surface area (Å²) >= 11 is 1.12. The van der Waals surface area contributed by atoms with Gasteiger partial charge in [0.25, 0.3) is 0 Å². The van der Waals surface area contributed by atoms with Crippen LogP contribution in [-0.4, -0.2) is 41.6 Å². The molecule has 1 rings (SSSR count). The van der Waals surface area contributed by atoms with Crippen LogP contribution in [0.1, 0.15) is 6.92 Å². The van der Waals surface area contributed by atoms with E-state index in [1.54, 1.807) is 14.0 Å². The van der Waals surface area contributed by atoms with Gasteiger partial charge in [0.1, 0.15) is 6.04 Å². The minimum absolute atomic E-state index is 0.120. The van der Waals surface area contributed by atoms with Gasteiger partial charge in [0.15, 0.2) is 0 Å². The third-order valence-corrected chi connectivity index (χ3v) is 2.44. The molecule has 0 fully saturated rings. The minimum Gasteiger partial charge on any atom is -0.383 e. The van der Waals surface area contributed by atoms with Crippen molar-refractivity contribution in [1.82, 2.24) is 14.7 Å². The Balaban J connectivity index is 2.34. The smallest absolute Gasteiger partial charge is 0.242 e. The SMILES string of the molecule is COCCNC(=O)C(C)Nc1nc(N)ns1. The van der Waals surface area contributed by atoms with Gasteiger partial charge in [-0.2, -0.15) is 9.36 Å². The van der Waals surface area contributed by atoms with Gasteiger partial charge in [-0.05, 0) is 6.92 Å². The van der Waals surface area contributed by atoms with Crippen molar-refractivity contribution in [3.63, 3.8) is 0 Å². The lowest BCUT2D eigenvalue weighted by Gasteiger charge is -2.12. The summed E-state index contributed by atoms with van der Waals surface area (Å²) in [6, 6.07) is -0.385. The predicted molar refractivity (Wildman–Crippen MR) is 62.3 cm³/mol. The first kappa shape index (κ1) is 12.7. The molecule has 0 bridgehead atoms. The van der Waals surface area contributed by atoms with Crippen LogP contribution in [0.3, 0.4) is 0 Å². The van der Waals surface area contributed by atoms with E-state index < -0.39 is 0 Å². The molecule has 7 nitrogen and oxygen atoms in total. The van der Waals surface area contributed by atoms with Gasteiger partial charge in [0, 0.05) is 25.2 Å². The number of nitrogen functional groups attached to an aromatic ring is 1. The Morgan fingerprint density at radius 3 is 3.00 bits per heavy atom. The molecule has 0 aliphatic carbocycles. The fourth-order valence-electron chi connectivity index (χ4n) is 0.974. The molecule has 4 N–H and O–H groups in total. The van der Waals surface area contributed by atoms with E-state index in [1.165, 1.54) is 0 Å². The highest BCUT2D eigenvalue weighted by molar-refractivity contribution is 7.09. The molecule has 1 amide bonds. The maximum atomic E-state index is 11.5. The lowest BCUT2D eigenvalue weighted by atomic mass is 10.3. The van der Waals surface area contributed by atoms with Crippen molar-refractivity contribution in [3.8, 4) is 0 Å². The summed E-state index contributed by atoms with van der Waals surface area (Å²) in [6.07, 6.45) is 0. The number of hydrogen-bond donors (Lipinski definition) is 3. The molecule has 0 aliphatic heterocycles. The molecule has 0 aromatic carbocycles. The molecular formula is C8H15N5O2S. The zero-order valence-corrected chi connectivity index (χ0v) is 10.0. The zero-order valence-electron chi connectivity index (χ0n) is 9.19. The Kier molecular flexibility index (Phi) is 4.93. The van der Waals surface area contributed by atoms with E-state index in [1.807, 2.05) is 0 Å². The van der Waals surface area contributed by atoms with Crippen molar-refractivity contribution in [2.45, 2.75) is 13.0 Å². The zero-order chi connectivity index (χ0) is 12.0. The van der Waals surface area contributed by atoms with Crippen LogP contribution in [-0.2, 0) is 9.53 Å². The van der Waals surface area contributed by atoms with Gasteiger partial charge >= 0.3 is 0 Å². The summed E-state index contributed by atoms with van der Waals surface area (Å²) < 4.78 is 8.62. The van der Waals surface area contributed by atoms with Crippen LogP contribution in [0.5, 0.6) is 0 Å². The summed E-state index contributed by atoms with van der Waals surface area (Å²) in [4.78, 5) is 15.4. The van der Waals surface area contributed by atoms with Crippen LogP contribution in [0.15, 0.2) is 0 Å². The van der Waals surface area contributed by atoms with E-state index in [2.05, 4.69) is 20.0 Å². The number of nitrogens with zero attached hydrogens (tertiary/aromatic N) is 2. The number of carbonyl (C=O) groups is 1. The Labute approximate surface area is 97.6 Å². The van der Waals surface area contributed by atoms with Gasteiger partial charge in [0.2, 0.25) is 17.0 Å². The van der Waals surface area contributed by atoms with Gasteiger partial charge in [0.05, 0.1) is 6.61 Å². The van der Waals surface area contributed by atoms with Crippen LogP contribution in [0, 0.1) is 0 Å². The molecule has 16 heavy (non-hydrogen) atoms. The lowest BCUT2D eigenvalue weighted by Crippen LogP contribution is -2.39. The third kappa shape index (κ3) is 3.99. The van der Waals surface area contributed by atoms with Crippen molar-refractivity contribution < 1.29 is 9.53 Å². The second-order valence-corrected chi connectivity index (χ2v) is 3.86. The lowest BCUT2D eigenvalue weighted by molar-refractivity contribution is -0.121. The van der Waals surface area contributed by atoms with Crippen molar-refractivity contribution in [2.75, 3.05) is 31.3 Å². The fraction of sp³-hybridized carbons (Fsp3) is 0.625. The molecule has 1 aromatic rings. The summed E-state index contributed by atoms with van der Waals surface area (Å²) in [5, 5.41) is 6.14. The molecule has 0 radical (unpaired) electrons. The van der Waals surface area contributed by atoms with Crippen molar-refractivity contribution in [1.29, 1.82) is 0 Å². The highest BCUT2D eigenvalue weighted by Crippen LogP contribution is 2.12. The molecular weight excluding hydrogens is 230 g/mol. The number of ether oxygens (including phenoxy) is 1. The summed E-state index contributed by atoms with van der Waals surface area (Å²) in [5.41, 5.74) is 5.36. The molecule has 8 heteroatoms. The Bertz CT molecular complexity index is 343. The third-order valence-electron chi connectivity index (χ3n) is 1.78. The van der Waals surface area contributed by atoms with E-state index >= 15 is 0 Å². The molecule has 0 saturated carbocycles. The van der Waals surface area contributed by atoms with Gasteiger partial charge in [-0.1, -0.05) is 0 Å². The maximum absolute atomic E-state index is 11.5. The van der Waals surface area contributed by atoms with E-state index in [9.17, 15) is 4.79 Å². The second kappa shape index (κ2) is 6.23. The quantitative estimate of drug-likeness (QED) is 0.594. The van der Waals surface area contributed by atoms with Crippen molar-refractivity contribution >= 4 is 28.5 Å². The monoisotopic (exact) mass is 245 g/mol. The first-order chi connectivity index (χ1) is 7.63. The van der Waals surface area contributed by atoms with Gasteiger partial charge in [-0.3, -0.25) is 4.79 Å². The van der Waals surface area contributed by atoms with E-state index in [0.29, 0.717) is 18.3 Å².